The van der Waals surface area contributed by atoms with Crippen LogP contribution in [-0.4, -0.2) is 47.6 Å². The first kappa shape index (κ1) is 17.4. The lowest BCUT2D eigenvalue weighted by Gasteiger charge is -2.33. The fraction of sp³-hybridized carbons (Fsp3) is 0.316. The van der Waals surface area contributed by atoms with E-state index in [2.05, 4.69) is 20.4 Å². The SMILES string of the molecule is Cn1ccnc1[C@@H]1N(C(=O)c2nn(C)c(=O)[nH]2)CC[C@]12C(=O)Nc1ccccc12. The maximum Gasteiger partial charge on any atom is 0.343 e. The van der Waals surface area contributed by atoms with Crippen LogP contribution in [-0.2, 0) is 24.3 Å². The molecule has 0 unspecified atom stereocenters. The molecule has 0 saturated carbocycles. The molecule has 0 radical (unpaired) electrons. The van der Waals surface area contributed by atoms with Gasteiger partial charge in [-0.1, -0.05) is 18.2 Å². The number of carbonyl (C=O) groups is 2. The lowest BCUT2D eigenvalue weighted by Crippen LogP contribution is -2.44. The molecular weight excluding hydrogens is 374 g/mol. The van der Waals surface area contributed by atoms with Crippen LogP contribution in [0.25, 0.3) is 0 Å². The second-order valence-electron chi connectivity index (χ2n) is 7.42. The maximum atomic E-state index is 13.3. The van der Waals surface area contributed by atoms with Gasteiger partial charge >= 0.3 is 5.69 Å². The van der Waals surface area contributed by atoms with E-state index in [1.807, 2.05) is 35.9 Å². The second kappa shape index (κ2) is 5.90. The number of aromatic nitrogens is 5. The van der Waals surface area contributed by atoms with Gasteiger partial charge < -0.3 is 14.8 Å². The number of hydrogen-bond acceptors (Lipinski definition) is 5. The molecule has 1 fully saturated rings. The molecule has 2 aliphatic heterocycles. The zero-order valence-corrected chi connectivity index (χ0v) is 15.9. The van der Waals surface area contributed by atoms with E-state index in [1.165, 1.54) is 7.05 Å². The number of imidazole rings is 1. The number of aromatic amines is 1. The van der Waals surface area contributed by atoms with Gasteiger partial charge in [0.15, 0.2) is 0 Å². The normalized spacial score (nSPS) is 22.9. The quantitative estimate of drug-likeness (QED) is 0.650. The van der Waals surface area contributed by atoms with Crippen LogP contribution in [0.5, 0.6) is 0 Å². The molecule has 148 valence electrons. The summed E-state index contributed by atoms with van der Waals surface area (Å²) in [6, 6.07) is 6.89. The Morgan fingerprint density at radius 1 is 1.24 bits per heavy atom. The number of fused-ring (bicyclic) bond motifs is 2. The average molecular weight is 393 g/mol. The maximum absolute atomic E-state index is 13.3. The summed E-state index contributed by atoms with van der Waals surface area (Å²) in [7, 11) is 3.30. The summed E-state index contributed by atoms with van der Waals surface area (Å²) < 4.78 is 2.89. The van der Waals surface area contributed by atoms with Crippen LogP contribution in [0.3, 0.4) is 0 Å². The molecule has 29 heavy (non-hydrogen) atoms. The molecule has 1 saturated heterocycles. The van der Waals surface area contributed by atoms with Crippen LogP contribution in [0.2, 0.25) is 0 Å². The number of aryl methyl sites for hydroxylation is 2. The summed E-state index contributed by atoms with van der Waals surface area (Å²) in [4.78, 5) is 46.9. The highest BCUT2D eigenvalue weighted by molar-refractivity contribution is 6.08. The lowest BCUT2D eigenvalue weighted by molar-refractivity contribution is -0.121. The van der Waals surface area contributed by atoms with Gasteiger partial charge in [-0.2, -0.15) is 0 Å². The molecule has 2 amide bonds. The van der Waals surface area contributed by atoms with Gasteiger partial charge in [0.2, 0.25) is 11.7 Å². The number of likely N-dealkylation sites (tertiary alicyclic amines) is 1. The number of nitrogens with zero attached hydrogens (tertiary/aromatic N) is 5. The highest BCUT2D eigenvalue weighted by Gasteiger charge is 2.60. The summed E-state index contributed by atoms with van der Waals surface area (Å²) in [5.41, 5.74) is 0.167. The monoisotopic (exact) mass is 393 g/mol. The van der Waals surface area contributed by atoms with E-state index >= 15 is 0 Å². The first-order valence-electron chi connectivity index (χ1n) is 9.26. The number of para-hydroxylation sites is 1. The highest BCUT2D eigenvalue weighted by Crippen LogP contribution is 2.54. The van der Waals surface area contributed by atoms with Gasteiger partial charge in [-0.05, 0) is 18.1 Å². The predicted molar refractivity (Wildman–Crippen MR) is 102 cm³/mol. The van der Waals surface area contributed by atoms with E-state index in [1.54, 1.807) is 17.3 Å². The number of nitrogens with one attached hydrogen (secondary N) is 2. The summed E-state index contributed by atoms with van der Waals surface area (Å²) in [5, 5.41) is 6.96. The Labute approximate surface area is 165 Å². The van der Waals surface area contributed by atoms with Gasteiger partial charge in [-0.15, -0.1) is 5.10 Å². The van der Waals surface area contributed by atoms with Gasteiger partial charge in [-0.3, -0.25) is 14.6 Å². The number of benzene rings is 1. The van der Waals surface area contributed by atoms with Gasteiger partial charge in [-0.25, -0.2) is 14.5 Å². The minimum Gasteiger partial charge on any atom is -0.336 e. The Morgan fingerprint density at radius 3 is 2.72 bits per heavy atom. The third-order valence-corrected chi connectivity index (χ3v) is 5.92. The summed E-state index contributed by atoms with van der Waals surface area (Å²) >= 11 is 0. The highest BCUT2D eigenvalue weighted by atomic mass is 16.2. The van der Waals surface area contributed by atoms with Crippen LogP contribution in [0.15, 0.2) is 41.5 Å². The number of carbonyl (C=O) groups excluding carboxylic acids is 2. The fourth-order valence-electron chi connectivity index (χ4n) is 4.54. The number of hydrogen-bond donors (Lipinski definition) is 2. The van der Waals surface area contributed by atoms with Crippen LogP contribution in [0.1, 0.15) is 34.5 Å². The molecule has 0 aliphatic carbocycles. The van der Waals surface area contributed by atoms with E-state index in [9.17, 15) is 14.4 Å². The molecular formula is C19H19N7O3. The molecule has 0 bridgehead atoms. The Balaban J connectivity index is 1.69. The summed E-state index contributed by atoms with van der Waals surface area (Å²) in [6.07, 6.45) is 3.87. The minimum atomic E-state index is -0.958. The average Bonchev–Trinajstić information content (AvgIpc) is 3.44. The Bertz CT molecular complexity index is 1210. The van der Waals surface area contributed by atoms with Crippen molar-refractivity contribution in [1.29, 1.82) is 0 Å². The summed E-state index contributed by atoms with van der Waals surface area (Å²) in [5.74, 6) is -0.0531. The van der Waals surface area contributed by atoms with Crippen molar-refractivity contribution in [3.05, 3.63) is 64.4 Å². The number of amides is 2. The third-order valence-electron chi connectivity index (χ3n) is 5.92. The number of anilines is 1. The standard InChI is InChI=1S/C19H19N7O3/c1-24-10-8-20-15(24)13-19(11-5-3-4-6-12(11)21-17(19)28)7-9-26(13)16(27)14-22-18(29)25(2)23-14/h3-6,8,10,13H,7,9H2,1-2H3,(H,21,28)(H,22,23,29)/t13-,19+/m0/s1. The minimum absolute atomic E-state index is 0.0551. The third kappa shape index (κ3) is 2.25. The molecule has 4 heterocycles. The van der Waals surface area contributed by atoms with Crippen molar-refractivity contribution in [3.63, 3.8) is 0 Å². The molecule has 2 N–H and O–H groups in total. The van der Waals surface area contributed by atoms with E-state index in [4.69, 9.17) is 0 Å². The van der Waals surface area contributed by atoms with Crippen molar-refractivity contribution in [1.82, 2.24) is 29.2 Å². The van der Waals surface area contributed by atoms with Crippen LogP contribution in [0, 0.1) is 0 Å². The van der Waals surface area contributed by atoms with Crippen LogP contribution >= 0.6 is 0 Å². The molecule has 3 aromatic rings. The van der Waals surface area contributed by atoms with E-state index in [-0.39, 0.29) is 11.7 Å². The fourth-order valence-corrected chi connectivity index (χ4v) is 4.54. The van der Waals surface area contributed by atoms with Crippen molar-refractivity contribution in [2.75, 3.05) is 11.9 Å². The lowest BCUT2D eigenvalue weighted by atomic mass is 9.74. The van der Waals surface area contributed by atoms with Crippen molar-refractivity contribution in [2.24, 2.45) is 14.1 Å². The Kier molecular flexibility index (Phi) is 3.54. The zero-order valence-electron chi connectivity index (χ0n) is 15.9. The van der Waals surface area contributed by atoms with Gasteiger partial charge in [0.25, 0.3) is 5.91 Å². The van der Waals surface area contributed by atoms with Gasteiger partial charge in [0, 0.05) is 38.7 Å². The number of H-pyrrole nitrogens is 1. The Hall–Kier alpha value is -3.69. The molecule has 2 aromatic heterocycles. The molecule has 5 rings (SSSR count). The molecule has 1 spiro atoms. The molecule has 1 aromatic carbocycles. The molecule has 10 heteroatoms. The van der Waals surface area contributed by atoms with Crippen LogP contribution in [0.4, 0.5) is 5.69 Å². The van der Waals surface area contributed by atoms with Crippen molar-refractivity contribution in [2.45, 2.75) is 17.9 Å². The van der Waals surface area contributed by atoms with Crippen LogP contribution < -0.4 is 11.0 Å². The molecule has 2 aliphatic rings. The molecule has 10 nitrogen and oxygen atoms in total. The zero-order chi connectivity index (χ0) is 20.3. The van der Waals surface area contributed by atoms with E-state index < -0.39 is 23.1 Å². The Morgan fingerprint density at radius 2 is 2.03 bits per heavy atom. The smallest absolute Gasteiger partial charge is 0.336 e. The van der Waals surface area contributed by atoms with E-state index in [0.29, 0.717) is 18.8 Å². The topological polar surface area (TPSA) is 118 Å². The molecule has 2 atom stereocenters. The van der Waals surface area contributed by atoms with Crippen molar-refractivity contribution in [3.8, 4) is 0 Å². The predicted octanol–water partition coefficient (Wildman–Crippen LogP) is 0.319. The second-order valence-corrected chi connectivity index (χ2v) is 7.42. The summed E-state index contributed by atoms with van der Waals surface area (Å²) in [6.45, 7) is 0.330. The van der Waals surface area contributed by atoms with Crippen molar-refractivity contribution < 1.29 is 9.59 Å². The van der Waals surface area contributed by atoms with E-state index in [0.717, 1.165) is 15.9 Å². The van der Waals surface area contributed by atoms with Crippen molar-refractivity contribution >= 4 is 17.5 Å². The largest absolute Gasteiger partial charge is 0.343 e. The number of rotatable bonds is 2. The van der Waals surface area contributed by atoms with Gasteiger partial charge in [0.05, 0.1) is 0 Å². The first-order valence-corrected chi connectivity index (χ1v) is 9.26. The first-order chi connectivity index (χ1) is 13.9. The van der Waals surface area contributed by atoms with Gasteiger partial charge in [0.1, 0.15) is 17.3 Å².